The first-order valence-electron chi connectivity index (χ1n) is 7.86. The molecule has 0 saturated heterocycles. The SMILES string of the molecule is O=C(N[C@@H](CC(Cc1ccccc1)C(=O)O)C(=O)O)On1c(O)ccc1O. The number of carbonyl (C=O) groups excluding carboxylic acids is 1. The third-order valence-electron chi connectivity index (χ3n) is 3.76. The monoisotopic (exact) mass is 378 g/mol. The summed E-state index contributed by atoms with van der Waals surface area (Å²) in [5, 5.41) is 39.5. The van der Waals surface area contributed by atoms with Crippen LogP contribution in [0.4, 0.5) is 4.79 Å². The maximum atomic E-state index is 11.9. The molecule has 0 aliphatic carbocycles. The van der Waals surface area contributed by atoms with Gasteiger partial charge in [-0.25, -0.2) is 9.59 Å². The molecule has 0 spiro atoms. The first-order chi connectivity index (χ1) is 12.8. The number of amides is 1. The molecule has 2 aromatic rings. The lowest BCUT2D eigenvalue weighted by Gasteiger charge is -2.19. The number of carboxylic acid groups (broad SMARTS) is 2. The first-order valence-corrected chi connectivity index (χ1v) is 7.86. The minimum absolute atomic E-state index is 0.0792. The minimum Gasteiger partial charge on any atom is -0.492 e. The Morgan fingerprint density at radius 1 is 0.963 bits per heavy atom. The highest BCUT2D eigenvalue weighted by atomic mass is 16.7. The highest BCUT2D eigenvalue weighted by Crippen LogP contribution is 2.19. The summed E-state index contributed by atoms with van der Waals surface area (Å²) < 4.78 is 0.382. The topological polar surface area (TPSA) is 158 Å². The van der Waals surface area contributed by atoms with E-state index in [-0.39, 0.29) is 6.42 Å². The van der Waals surface area contributed by atoms with E-state index in [0.717, 1.165) is 12.1 Å². The second-order valence-corrected chi connectivity index (χ2v) is 5.72. The smallest absolute Gasteiger partial charge is 0.432 e. The number of nitrogens with one attached hydrogen (secondary N) is 1. The molecule has 1 aromatic heterocycles. The minimum atomic E-state index is -1.55. The van der Waals surface area contributed by atoms with E-state index in [9.17, 15) is 34.8 Å². The number of hydrogen-bond donors (Lipinski definition) is 5. The van der Waals surface area contributed by atoms with Gasteiger partial charge in [0.1, 0.15) is 6.04 Å². The van der Waals surface area contributed by atoms with Crippen LogP contribution < -0.4 is 10.2 Å². The molecule has 0 saturated carbocycles. The van der Waals surface area contributed by atoms with Gasteiger partial charge in [0.25, 0.3) is 0 Å². The van der Waals surface area contributed by atoms with E-state index in [0.29, 0.717) is 10.3 Å². The number of nitrogens with zero attached hydrogens (tertiary/aromatic N) is 1. The van der Waals surface area contributed by atoms with Gasteiger partial charge in [0.05, 0.1) is 5.92 Å². The molecule has 27 heavy (non-hydrogen) atoms. The molecule has 1 aromatic carbocycles. The summed E-state index contributed by atoms with van der Waals surface area (Å²) in [5.41, 5.74) is 0.707. The van der Waals surface area contributed by atoms with Crippen molar-refractivity contribution in [3.63, 3.8) is 0 Å². The second-order valence-electron chi connectivity index (χ2n) is 5.72. The Balaban J connectivity index is 2.05. The molecule has 144 valence electrons. The van der Waals surface area contributed by atoms with Crippen LogP contribution in [0.1, 0.15) is 12.0 Å². The molecule has 1 heterocycles. The van der Waals surface area contributed by atoms with Crippen molar-refractivity contribution in [2.45, 2.75) is 18.9 Å². The van der Waals surface area contributed by atoms with Crippen molar-refractivity contribution >= 4 is 18.0 Å². The molecule has 0 aliphatic rings. The largest absolute Gasteiger partial charge is 0.492 e. The number of aliphatic carboxylic acids is 2. The molecule has 0 bridgehead atoms. The van der Waals surface area contributed by atoms with Crippen molar-refractivity contribution in [3.05, 3.63) is 48.0 Å². The summed E-state index contributed by atoms with van der Waals surface area (Å²) in [5.74, 6) is -4.89. The summed E-state index contributed by atoms with van der Waals surface area (Å²) in [4.78, 5) is 39.4. The van der Waals surface area contributed by atoms with Crippen molar-refractivity contribution in [1.82, 2.24) is 10.0 Å². The van der Waals surface area contributed by atoms with Crippen molar-refractivity contribution in [2.75, 3.05) is 0 Å². The fraction of sp³-hybridized carbons (Fsp3) is 0.235. The number of rotatable bonds is 8. The maximum absolute atomic E-state index is 11.9. The zero-order chi connectivity index (χ0) is 20.0. The van der Waals surface area contributed by atoms with Crippen LogP contribution in [0.2, 0.25) is 0 Å². The Morgan fingerprint density at radius 2 is 1.56 bits per heavy atom. The van der Waals surface area contributed by atoms with Crippen molar-refractivity contribution in [2.24, 2.45) is 5.92 Å². The lowest BCUT2D eigenvalue weighted by molar-refractivity contribution is -0.144. The van der Waals surface area contributed by atoms with E-state index in [2.05, 4.69) is 4.84 Å². The van der Waals surface area contributed by atoms with Crippen molar-refractivity contribution in [1.29, 1.82) is 0 Å². The molecule has 10 heteroatoms. The predicted molar refractivity (Wildman–Crippen MR) is 90.2 cm³/mol. The second kappa shape index (κ2) is 8.61. The maximum Gasteiger partial charge on any atom is 0.432 e. The Bertz CT molecular complexity index is 798. The van der Waals surface area contributed by atoms with Crippen LogP contribution in [-0.4, -0.2) is 49.2 Å². The van der Waals surface area contributed by atoms with Crippen LogP contribution in [-0.2, 0) is 16.0 Å². The van der Waals surface area contributed by atoms with Gasteiger partial charge in [-0.2, -0.15) is 0 Å². The third-order valence-corrected chi connectivity index (χ3v) is 3.76. The summed E-state index contributed by atoms with van der Waals surface area (Å²) >= 11 is 0. The van der Waals surface area contributed by atoms with Crippen molar-refractivity contribution in [3.8, 4) is 11.8 Å². The van der Waals surface area contributed by atoms with Gasteiger partial charge in [0, 0.05) is 12.1 Å². The summed E-state index contributed by atoms with van der Waals surface area (Å²) in [7, 11) is 0. The molecule has 0 radical (unpaired) electrons. The Kier molecular flexibility index (Phi) is 6.26. The Labute approximate surface area is 153 Å². The van der Waals surface area contributed by atoms with Gasteiger partial charge in [-0.15, -0.1) is 4.73 Å². The number of carboxylic acids is 2. The number of aromatic hydroxyl groups is 2. The summed E-state index contributed by atoms with van der Waals surface area (Å²) in [6.45, 7) is 0. The van der Waals surface area contributed by atoms with Gasteiger partial charge >= 0.3 is 18.0 Å². The van der Waals surface area contributed by atoms with E-state index < -0.39 is 48.2 Å². The van der Waals surface area contributed by atoms with E-state index in [1.165, 1.54) is 0 Å². The molecule has 2 atom stereocenters. The van der Waals surface area contributed by atoms with Gasteiger partial charge in [-0.3, -0.25) is 4.79 Å². The van der Waals surface area contributed by atoms with Gasteiger partial charge in [-0.05, 0) is 18.4 Å². The Hall–Kier alpha value is -3.69. The van der Waals surface area contributed by atoms with Crippen molar-refractivity contribution < 1.29 is 39.6 Å². The Morgan fingerprint density at radius 3 is 2.07 bits per heavy atom. The van der Waals surface area contributed by atoms with Gasteiger partial charge < -0.3 is 30.6 Å². The standard InChI is InChI=1S/C17H18N2O8/c20-13-6-7-14(21)19(13)27-17(26)18-12(16(24)25)9-11(15(22)23)8-10-4-2-1-3-5-10/h1-7,11-12,20-21H,8-9H2,(H,18,26)(H,22,23)(H,24,25)/t11?,12-/m0/s1. The normalized spacial score (nSPS) is 12.7. The van der Waals surface area contributed by atoms with E-state index in [4.69, 9.17) is 0 Å². The van der Waals surface area contributed by atoms with Crippen LogP contribution >= 0.6 is 0 Å². The highest BCUT2D eigenvalue weighted by Gasteiger charge is 2.29. The fourth-order valence-corrected chi connectivity index (χ4v) is 2.42. The molecule has 5 N–H and O–H groups in total. The molecule has 1 unspecified atom stereocenters. The van der Waals surface area contributed by atoms with Gasteiger partial charge in [0.15, 0.2) is 0 Å². The van der Waals surface area contributed by atoms with E-state index >= 15 is 0 Å². The number of hydrogen-bond acceptors (Lipinski definition) is 6. The van der Waals surface area contributed by atoms with Gasteiger partial charge in [-0.1, -0.05) is 30.3 Å². The molecular formula is C17H18N2O8. The molecule has 10 nitrogen and oxygen atoms in total. The first kappa shape index (κ1) is 19.6. The average molecular weight is 378 g/mol. The predicted octanol–water partition coefficient (Wildman–Crippen LogP) is 0.824. The van der Waals surface area contributed by atoms with Crippen LogP contribution in [0, 0.1) is 5.92 Å². The molecule has 2 rings (SSSR count). The summed E-state index contributed by atoms with van der Waals surface area (Å²) in [6.07, 6.45) is -1.60. The zero-order valence-corrected chi connectivity index (χ0v) is 14.0. The molecule has 0 aliphatic heterocycles. The van der Waals surface area contributed by atoms with E-state index in [1.54, 1.807) is 30.3 Å². The van der Waals surface area contributed by atoms with Crippen LogP contribution in [0.3, 0.4) is 0 Å². The number of aromatic nitrogens is 1. The zero-order valence-electron chi connectivity index (χ0n) is 14.0. The third kappa shape index (κ3) is 5.39. The summed E-state index contributed by atoms with van der Waals surface area (Å²) in [6, 6.07) is 9.21. The fourth-order valence-electron chi connectivity index (χ4n) is 2.42. The number of benzene rings is 1. The van der Waals surface area contributed by atoms with Crippen LogP contribution in [0.25, 0.3) is 0 Å². The average Bonchev–Trinajstić information content (AvgIpc) is 2.93. The quantitative estimate of drug-likeness (QED) is 0.452. The van der Waals surface area contributed by atoms with Gasteiger partial charge in [0.2, 0.25) is 11.8 Å². The molecular weight excluding hydrogens is 360 g/mol. The van der Waals surface area contributed by atoms with E-state index in [1.807, 2.05) is 5.32 Å². The lowest BCUT2D eigenvalue weighted by Crippen LogP contribution is -2.45. The number of carbonyl (C=O) groups is 3. The molecule has 0 fully saturated rings. The lowest BCUT2D eigenvalue weighted by atomic mass is 9.93. The van der Waals surface area contributed by atoms with Crippen LogP contribution in [0.15, 0.2) is 42.5 Å². The molecule has 1 amide bonds. The highest BCUT2D eigenvalue weighted by molar-refractivity contribution is 5.81. The van der Waals surface area contributed by atoms with Crippen LogP contribution in [0.5, 0.6) is 11.8 Å².